The predicted octanol–water partition coefficient (Wildman–Crippen LogP) is 3.52. The van der Waals surface area contributed by atoms with Gasteiger partial charge in [0.15, 0.2) is 0 Å². The number of rotatable bonds is 0. The Balaban J connectivity index is 2.15. The molecule has 0 aliphatic carbocycles. The molecule has 2 atom stereocenters. The van der Waals surface area contributed by atoms with Crippen LogP contribution < -0.4 is 0 Å². The minimum Gasteiger partial charge on any atom is -0.357 e. The highest BCUT2D eigenvalue weighted by Gasteiger charge is 2.34. The Bertz CT molecular complexity index is 583. The van der Waals surface area contributed by atoms with Crippen molar-refractivity contribution in [3.8, 4) is 0 Å². The molecule has 2 aromatic carbocycles. The Morgan fingerprint density at radius 2 is 1.73 bits per heavy atom. The number of ether oxygens (including phenoxy) is 1. The highest BCUT2D eigenvalue weighted by Crippen LogP contribution is 2.48. The Labute approximate surface area is 88.0 Å². The topological polar surface area (TPSA) is 9.23 Å². The quantitative estimate of drug-likeness (QED) is 0.583. The lowest BCUT2D eigenvalue weighted by Gasteiger charge is -2.10. The fraction of sp³-hybridized carbons (Fsp3) is 0.143. The van der Waals surface area contributed by atoms with Crippen molar-refractivity contribution in [2.75, 3.05) is 0 Å². The zero-order chi connectivity index (χ0) is 9.83. The lowest BCUT2D eigenvalue weighted by molar-refractivity contribution is 0.0883. The van der Waals surface area contributed by atoms with Crippen molar-refractivity contribution in [1.29, 1.82) is 0 Å². The third-order valence-corrected chi connectivity index (χ3v) is 3.35. The monoisotopic (exact) mass is 194 g/mol. The van der Waals surface area contributed by atoms with Crippen LogP contribution in [0.5, 0.6) is 0 Å². The number of hydrogen-bond donors (Lipinski definition) is 0. The van der Waals surface area contributed by atoms with E-state index in [-0.39, 0.29) is 12.2 Å². The lowest BCUT2D eigenvalue weighted by atomic mass is 9.92. The molecule has 2 heterocycles. The van der Waals surface area contributed by atoms with Crippen LogP contribution in [0.1, 0.15) is 23.3 Å². The molecule has 0 saturated carbocycles. The second-order valence-electron chi connectivity index (χ2n) is 4.15. The molecule has 0 spiro atoms. The van der Waals surface area contributed by atoms with E-state index in [4.69, 9.17) is 4.74 Å². The van der Waals surface area contributed by atoms with Crippen molar-refractivity contribution in [3.05, 3.63) is 59.7 Å². The van der Waals surface area contributed by atoms with E-state index in [1.54, 1.807) is 0 Å². The molecule has 4 rings (SSSR count). The third kappa shape index (κ3) is 0.864. The molecule has 1 nitrogen and oxygen atoms in total. The molecule has 2 bridgehead atoms. The van der Waals surface area contributed by atoms with Crippen LogP contribution in [0.3, 0.4) is 0 Å². The molecule has 2 aliphatic rings. The van der Waals surface area contributed by atoms with Gasteiger partial charge in [-0.2, -0.15) is 0 Å². The molecule has 2 aromatic rings. The predicted molar refractivity (Wildman–Crippen MR) is 59.7 cm³/mol. The Morgan fingerprint density at radius 3 is 2.73 bits per heavy atom. The number of hydrogen-bond acceptors (Lipinski definition) is 1. The van der Waals surface area contributed by atoms with Crippen LogP contribution in [-0.4, -0.2) is 0 Å². The van der Waals surface area contributed by atoms with E-state index in [1.165, 1.54) is 21.9 Å². The summed E-state index contributed by atoms with van der Waals surface area (Å²) in [6.07, 6.45) is 4.71. The van der Waals surface area contributed by atoms with E-state index in [1.807, 2.05) is 0 Å². The number of benzene rings is 2. The lowest BCUT2D eigenvalue weighted by Crippen LogP contribution is -1.93. The van der Waals surface area contributed by atoms with Gasteiger partial charge in [0.05, 0.1) is 0 Å². The summed E-state index contributed by atoms with van der Waals surface area (Å²) in [5.41, 5.74) is 2.72. The van der Waals surface area contributed by atoms with Crippen LogP contribution in [0.2, 0.25) is 0 Å². The summed E-state index contributed by atoms with van der Waals surface area (Å²) in [6.45, 7) is 0. The molecule has 15 heavy (non-hydrogen) atoms. The van der Waals surface area contributed by atoms with E-state index in [0.717, 1.165) is 0 Å². The van der Waals surface area contributed by atoms with Crippen molar-refractivity contribution in [3.63, 3.8) is 0 Å². The second kappa shape index (κ2) is 2.50. The van der Waals surface area contributed by atoms with Crippen LogP contribution in [0.4, 0.5) is 0 Å². The molecule has 0 N–H and O–H groups in total. The van der Waals surface area contributed by atoms with Crippen molar-refractivity contribution in [2.24, 2.45) is 0 Å². The molecule has 0 amide bonds. The first-order valence-electron chi connectivity index (χ1n) is 5.29. The third-order valence-electron chi connectivity index (χ3n) is 3.35. The van der Waals surface area contributed by atoms with Gasteiger partial charge in [0.2, 0.25) is 0 Å². The van der Waals surface area contributed by atoms with Gasteiger partial charge in [-0.05, 0) is 21.9 Å². The molecule has 0 radical (unpaired) electrons. The van der Waals surface area contributed by atoms with Crippen LogP contribution in [0.15, 0.2) is 48.6 Å². The Kier molecular flexibility index (Phi) is 1.28. The van der Waals surface area contributed by atoms with Gasteiger partial charge in [-0.3, -0.25) is 0 Å². The first-order valence-corrected chi connectivity index (χ1v) is 5.29. The summed E-state index contributed by atoms with van der Waals surface area (Å²) in [4.78, 5) is 0. The average Bonchev–Trinajstić information content (AvgIpc) is 2.89. The summed E-state index contributed by atoms with van der Waals surface area (Å²) < 4.78 is 5.84. The Morgan fingerprint density at radius 1 is 0.867 bits per heavy atom. The molecule has 0 fully saturated rings. The molecule has 0 saturated heterocycles. The van der Waals surface area contributed by atoms with Crippen molar-refractivity contribution < 1.29 is 4.74 Å². The van der Waals surface area contributed by atoms with Gasteiger partial charge in [0.25, 0.3) is 0 Å². The van der Waals surface area contributed by atoms with Gasteiger partial charge in [-0.1, -0.05) is 48.6 Å². The van der Waals surface area contributed by atoms with Gasteiger partial charge in [-0.15, -0.1) is 0 Å². The standard InChI is InChI=1S/C14H10O/c1-2-4-10-9(3-1)5-6-11-12-7-8-13(15-12)14(10)11/h1-8,12-13H. The first kappa shape index (κ1) is 7.66. The van der Waals surface area contributed by atoms with Gasteiger partial charge < -0.3 is 4.74 Å². The minimum absolute atomic E-state index is 0.191. The number of fused-ring (bicyclic) bond motifs is 7. The van der Waals surface area contributed by atoms with E-state index in [0.29, 0.717) is 0 Å². The van der Waals surface area contributed by atoms with E-state index >= 15 is 0 Å². The first-order chi connectivity index (χ1) is 7.43. The summed E-state index contributed by atoms with van der Waals surface area (Å²) in [5.74, 6) is 0. The van der Waals surface area contributed by atoms with Crippen molar-refractivity contribution in [2.45, 2.75) is 12.2 Å². The maximum Gasteiger partial charge on any atom is 0.103 e. The maximum atomic E-state index is 5.84. The molecule has 2 aliphatic heterocycles. The molecular weight excluding hydrogens is 184 g/mol. The van der Waals surface area contributed by atoms with Crippen LogP contribution in [-0.2, 0) is 4.74 Å². The Hall–Kier alpha value is -1.60. The summed E-state index contributed by atoms with van der Waals surface area (Å²) in [6, 6.07) is 12.9. The van der Waals surface area contributed by atoms with E-state index in [9.17, 15) is 0 Å². The van der Waals surface area contributed by atoms with Gasteiger partial charge in [0, 0.05) is 0 Å². The summed E-state index contributed by atoms with van der Waals surface area (Å²) >= 11 is 0. The van der Waals surface area contributed by atoms with Crippen LogP contribution in [0, 0.1) is 0 Å². The van der Waals surface area contributed by atoms with E-state index in [2.05, 4.69) is 48.6 Å². The molecular formula is C14H10O. The van der Waals surface area contributed by atoms with Crippen LogP contribution in [0.25, 0.3) is 10.8 Å². The average molecular weight is 194 g/mol. The normalized spacial score (nSPS) is 26.1. The van der Waals surface area contributed by atoms with Crippen molar-refractivity contribution >= 4 is 10.8 Å². The smallest absolute Gasteiger partial charge is 0.103 e. The summed E-state index contributed by atoms with van der Waals surface area (Å²) in [7, 11) is 0. The molecule has 0 aromatic heterocycles. The van der Waals surface area contributed by atoms with Gasteiger partial charge in [-0.25, -0.2) is 0 Å². The molecule has 2 unspecified atom stereocenters. The highest BCUT2D eigenvalue weighted by molar-refractivity contribution is 5.88. The zero-order valence-corrected chi connectivity index (χ0v) is 8.18. The van der Waals surface area contributed by atoms with Crippen LogP contribution >= 0.6 is 0 Å². The minimum atomic E-state index is 0.191. The fourth-order valence-corrected chi connectivity index (χ4v) is 2.67. The van der Waals surface area contributed by atoms with Gasteiger partial charge >= 0.3 is 0 Å². The molecule has 72 valence electrons. The molecule has 1 heteroatoms. The summed E-state index contributed by atoms with van der Waals surface area (Å²) in [5, 5.41) is 2.65. The SMILES string of the molecule is C1=CC2OC1c1ccc3ccccc3c12. The second-order valence-corrected chi connectivity index (χ2v) is 4.15. The maximum absolute atomic E-state index is 5.84. The van der Waals surface area contributed by atoms with Gasteiger partial charge in [0.1, 0.15) is 12.2 Å². The zero-order valence-electron chi connectivity index (χ0n) is 8.18. The van der Waals surface area contributed by atoms with Crippen molar-refractivity contribution in [1.82, 2.24) is 0 Å². The fourth-order valence-electron chi connectivity index (χ4n) is 2.67. The van der Waals surface area contributed by atoms with E-state index < -0.39 is 0 Å². The largest absolute Gasteiger partial charge is 0.357 e. The highest BCUT2D eigenvalue weighted by atomic mass is 16.5.